The molecule has 1 saturated carbocycles. The molecule has 0 bridgehead atoms. The summed E-state index contributed by atoms with van der Waals surface area (Å²) in [5.41, 5.74) is 0.228. The smallest absolute Gasteiger partial charge is 0.122 e. The Hall–Kier alpha value is -0.870. The molecule has 1 aliphatic heterocycles. The molecule has 0 amide bonds. The normalized spacial score (nSPS) is 35.6. The fourth-order valence-corrected chi connectivity index (χ4v) is 3.72. The van der Waals surface area contributed by atoms with E-state index >= 15 is 0 Å². The maximum atomic E-state index is 5.93. The Bertz CT molecular complexity index is 401. The fourth-order valence-electron chi connectivity index (χ4n) is 3.72. The number of aromatic nitrogens is 2. The van der Waals surface area contributed by atoms with Gasteiger partial charge < -0.3 is 15.0 Å². The number of H-pyrrole nitrogens is 1. The van der Waals surface area contributed by atoms with Crippen LogP contribution in [0.4, 0.5) is 0 Å². The molecule has 0 radical (unpaired) electrons. The summed E-state index contributed by atoms with van der Waals surface area (Å²) in [5.74, 6) is 1.69. The molecule has 2 heterocycles. The summed E-state index contributed by atoms with van der Waals surface area (Å²) in [7, 11) is 0. The molecule has 18 heavy (non-hydrogen) atoms. The third kappa shape index (κ3) is 1.79. The molecule has 1 aromatic heterocycles. The summed E-state index contributed by atoms with van der Waals surface area (Å²) < 4.78 is 5.93. The average Bonchev–Trinajstić information content (AvgIpc) is 2.89. The molecule has 1 aromatic rings. The van der Waals surface area contributed by atoms with Gasteiger partial charge in [0.2, 0.25) is 0 Å². The monoisotopic (exact) mass is 249 g/mol. The van der Waals surface area contributed by atoms with E-state index in [0.717, 1.165) is 12.4 Å². The third-order valence-corrected chi connectivity index (χ3v) is 4.69. The van der Waals surface area contributed by atoms with Gasteiger partial charge in [-0.05, 0) is 19.8 Å². The Kier molecular flexibility index (Phi) is 2.94. The van der Waals surface area contributed by atoms with Crippen LogP contribution in [0.15, 0.2) is 12.4 Å². The van der Waals surface area contributed by atoms with Crippen molar-refractivity contribution in [2.24, 2.45) is 11.3 Å². The van der Waals surface area contributed by atoms with Crippen molar-refractivity contribution in [2.45, 2.75) is 51.8 Å². The molecule has 3 rings (SSSR count). The van der Waals surface area contributed by atoms with Crippen LogP contribution in [0.1, 0.15) is 45.5 Å². The lowest BCUT2D eigenvalue weighted by Crippen LogP contribution is -2.69. The lowest BCUT2D eigenvalue weighted by atomic mass is 9.55. The number of hydrogen-bond acceptors (Lipinski definition) is 3. The lowest BCUT2D eigenvalue weighted by molar-refractivity contribution is -0.194. The van der Waals surface area contributed by atoms with Gasteiger partial charge in [0, 0.05) is 36.4 Å². The summed E-state index contributed by atoms with van der Waals surface area (Å²) in [6, 6.07) is 0.801. The maximum Gasteiger partial charge on any atom is 0.122 e. The first kappa shape index (κ1) is 12.2. The molecular weight excluding hydrogens is 226 g/mol. The van der Waals surface area contributed by atoms with Crippen molar-refractivity contribution in [1.82, 2.24) is 15.3 Å². The highest BCUT2D eigenvalue weighted by molar-refractivity contribution is 5.11. The standard InChI is InChI=1S/C14H23N3O/c1-9(13-15-6-7-16-13)17-11-10-5-4-8-18-12(10)14(11,2)3/h6-7,9-12,17H,4-5,8H2,1-3H3,(H,15,16). The van der Waals surface area contributed by atoms with E-state index in [2.05, 4.69) is 36.1 Å². The predicted molar refractivity (Wildman–Crippen MR) is 70.2 cm³/mol. The first-order chi connectivity index (χ1) is 8.60. The number of nitrogens with one attached hydrogen (secondary N) is 2. The van der Waals surface area contributed by atoms with E-state index < -0.39 is 0 Å². The zero-order valence-electron chi connectivity index (χ0n) is 11.4. The van der Waals surface area contributed by atoms with Crippen LogP contribution in [-0.2, 0) is 4.74 Å². The second kappa shape index (κ2) is 4.35. The summed E-state index contributed by atoms with van der Waals surface area (Å²) in [6.07, 6.45) is 6.62. The van der Waals surface area contributed by atoms with Crippen LogP contribution in [0.25, 0.3) is 0 Å². The van der Waals surface area contributed by atoms with Crippen molar-refractivity contribution in [3.8, 4) is 0 Å². The van der Waals surface area contributed by atoms with Crippen molar-refractivity contribution in [3.63, 3.8) is 0 Å². The van der Waals surface area contributed by atoms with Gasteiger partial charge in [-0.25, -0.2) is 4.98 Å². The van der Waals surface area contributed by atoms with Crippen LogP contribution in [0.5, 0.6) is 0 Å². The molecule has 1 saturated heterocycles. The van der Waals surface area contributed by atoms with Crippen molar-refractivity contribution >= 4 is 0 Å². The Morgan fingerprint density at radius 1 is 1.56 bits per heavy atom. The van der Waals surface area contributed by atoms with E-state index in [1.165, 1.54) is 12.8 Å². The van der Waals surface area contributed by atoms with Gasteiger partial charge >= 0.3 is 0 Å². The van der Waals surface area contributed by atoms with Gasteiger partial charge in [-0.15, -0.1) is 0 Å². The lowest BCUT2D eigenvalue weighted by Gasteiger charge is -2.60. The van der Waals surface area contributed by atoms with Gasteiger partial charge in [-0.2, -0.15) is 0 Å². The number of imidazole rings is 1. The van der Waals surface area contributed by atoms with E-state index in [1.807, 2.05) is 12.4 Å². The minimum absolute atomic E-state index is 0.228. The molecule has 0 spiro atoms. The van der Waals surface area contributed by atoms with Crippen LogP contribution in [0.3, 0.4) is 0 Å². The van der Waals surface area contributed by atoms with Crippen LogP contribution in [0.2, 0.25) is 0 Å². The summed E-state index contributed by atoms with van der Waals surface area (Å²) in [5, 5.41) is 3.73. The Morgan fingerprint density at radius 3 is 3.11 bits per heavy atom. The topological polar surface area (TPSA) is 49.9 Å². The first-order valence-corrected chi connectivity index (χ1v) is 6.97. The van der Waals surface area contributed by atoms with Gasteiger partial charge in [0.25, 0.3) is 0 Å². The third-order valence-electron chi connectivity index (χ3n) is 4.69. The number of ether oxygens (including phenoxy) is 1. The highest BCUT2D eigenvalue weighted by Gasteiger charge is 2.57. The van der Waals surface area contributed by atoms with Gasteiger partial charge in [0.1, 0.15) is 5.82 Å². The summed E-state index contributed by atoms with van der Waals surface area (Å²) in [6.45, 7) is 7.73. The van der Waals surface area contributed by atoms with E-state index in [4.69, 9.17) is 4.74 Å². The Balaban J connectivity index is 1.69. The SMILES string of the molecule is CC(NC1C2CCCOC2C1(C)C)c1ncc[nH]1. The molecule has 100 valence electrons. The molecule has 4 atom stereocenters. The van der Waals surface area contributed by atoms with Gasteiger partial charge in [-0.1, -0.05) is 13.8 Å². The number of fused-ring (bicyclic) bond motifs is 1. The minimum Gasteiger partial charge on any atom is -0.377 e. The van der Waals surface area contributed by atoms with Crippen LogP contribution >= 0.6 is 0 Å². The molecule has 2 N–H and O–H groups in total. The number of rotatable bonds is 3. The summed E-state index contributed by atoms with van der Waals surface area (Å²) >= 11 is 0. The molecule has 4 heteroatoms. The van der Waals surface area contributed by atoms with E-state index in [-0.39, 0.29) is 11.5 Å². The van der Waals surface area contributed by atoms with E-state index in [1.54, 1.807) is 0 Å². The number of hydrogen-bond donors (Lipinski definition) is 2. The van der Waals surface area contributed by atoms with Crippen molar-refractivity contribution in [2.75, 3.05) is 6.61 Å². The number of aromatic amines is 1. The highest BCUT2D eigenvalue weighted by atomic mass is 16.5. The molecular formula is C14H23N3O. The maximum absolute atomic E-state index is 5.93. The Morgan fingerprint density at radius 2 is 2.39 bits per heavy atom. The van der Waals surface area contributed by atoms with Crippen LogP contribution < -0.4 is 5.32 Å². The predicted octanol–water partition coefficient (Wildman–Crippen LogP) is 2.26. The van der Waals surface area contributed by atoms with Crippen LogP contribution in [0, 0.1) is 11.3 Å². The minimum atomic E-state index is 0.228. The van der Waals surface area contributed by atoms with Crippen molar-refractivity contribution in [1.29, 1.82) is 0 Å². The van der Waals surface area contributed by atoms with Gasteiger partial charge in [0.05, 0.1) is 12.1 Å². The zero-order chi connectivity index (χ0) is 12.8. The second-order valence-electron chi connectivity index (χ2n) is 6.26. The molecule has 0 aromatic carbocycles. The Labute approximate surface area is 109 Å². The molecule has 4 nitrogen and oxygen atoms in total. The summed E-state index contributed by atoms with van der Waals surface area (Å²) in [4.78, 5) is 7.52. The molecule has 2 fully saturated rings. The highest BCUT2D eigenvalue weighted by Crippen LogP contribution is 2.51. The molecule has 1 aliphatic carbocycles. The molecule has 2 aliphatic rings. The zero-order valence-corrected chi connectivity index (χ0v) is 11.4. The van der Waals surface area contributed by atoms with Crippen molar-refractivity contribution in [3.05, 3.63) is 18.2 Å². The van der Waals surface area contributed by atoms with Crippen LogP contribution in [-0.4, -0.2) is 28.7 Å². The van der Waals surface area contributed by atoms with E-state index in [0.29, 0.717) is 18.1 Å². The average molecular weight is 249 g/mol. The largest absolute Gasteiger partial charge is 0.377 e. The van der Waals surface area contributed by atoms with E-state index in [9.17, 15) is 0 Å². The van der Waals surface area contributed by atoms with Gasteiger partial charge in [-0.3, -0.25) is 0 Å². The quantitative estimate of drug-likeness (QED) is 0.864. The second-order valence-corrected chi connectivity index (χ2v) is 6.26. The van der Waals surface area contributed by atoms with Gasteiger partial charge in [0.15, 0.2) is 0 Å². The first-order valence-electron chi connectivity index (χ1n) is 6.97. The fraction of sp³-hybridized carbons (Fsp3) is 0.786. The number of nitrogens with zero attached hydrogens (tertiary/aromatic N) is 1. The van der Waals surface area contributed by atoms with Crippen molar-refractivity contribution < 1.29 is 4.74 Å². The molecule has 4 unspecified atom stereocenters.